The predicted octanol–water partition coefficient (Wildman–Crippen LogP) is 2.07. The van der Waals surface area contributed by atoms with Crippen molar-refractivity contribution in [2.45, 2.75) is 13.0 Å². The number of likely N-dealkylation sites (N-methyl/N-ethyl adjacent to an activating group) is 1. The van der Waals surface area contributed by atoms with Crippen molar-refractivity contribution < 1.29 is 4.74 Å². The van der Waals surface area contributed by atoms with E-state index >= 15 is 0 Å². The van der Waals surface area contributed by atoms with E-state index in [0.717, 1.165) is 42.5 Å². The fourth-order valence-electron chi connectivity index (χ4n) is 1.97. The van der Waals surface area contributed by atoms with E-state index < -0.39 is 0 Å². The lowest BCUT2D eigenvalue weighted by Crippen LogP contribution is -2.44. The SMILES string of the molecule is Cc1ccc(N(C)CC2CNCCO2)cc1Cl. The van der Waals surface area contributed by atoms with Gasteiger partial charge in [0, 0.05) is 37.4 Å². The number of benzene rings is 1. The maximum Gasteiger partial charge on any atom is 0.0874 e. The number of halogens is 1. The van der Waals surface area contributed by atoms with E-state index in [1.54, 1.807) is 0 Å². The molecule has 3 nitrogen and oxygen atoms in total. The van der Waals surface area contributed by atoms with E-state index in [-0.39, 0.29) is 6.10 Å². The molecule has 94 valence electrons. The summed E-state index contributed by atoms with van der Waals surface area (Å²) in [7, 11) is 2.07. The van der Waals surface area contributed by atoms with E-state index in [2.05, 4.69) is 23.3 Å². The van der Waals surface area contributed by atoms with Gasteiger partial charge in [-0.2, -0.15) is 0 Å². The molecule has 1 aliphatic rings. The number of nitrogens with zero attached hydrogens (tertiary/aromatic N) is 1. The molecule has 1 unspecified atom stereocenters. The van der Waals surface area contributed by atoms with E-state index in [0.29, 0.717) is 0 Å². The maximum absolute atomic E-state index is 6.13. The molecule has 1 fully saturated rings. The Morgan fingerprint density at radius 2 is 2.35 bits per heavy atom. The molecule has 1 heterocycles. The first kappa shape index (κ1) is 12.7. The van der Waals surface area contributed by atoms with Crippen LogP contribution in [0.25, 0.3) is 0 Å². The van der Waals surface area contributed by atoms with Crippen molar-refractivity contribution >= 4 is 17.3 Å². The van der Waals surface area contributed by atoms with Crippen LogP contribution in [0.15, 0.2) is 18.2 Å². The minimum atomic E-state index is 0.258. The molecule has 1 aromatic carbocycles. The third-order valence-corrected chi connectivity index (χ3v) is 3.49. The summed E-state index contributed by atoms with van der Waals surface area (Å²) in [6, 6.07) is 6.15. The van der Waals surface area contributed by atoms with Crippen LogP contribution in [-0.2, 0) is 4.74 Å². The highest BCUT2D eigenvalue weighted by Crippen LogP contribution is 2.22. The van der Waals surface area contributed by atoms with Gasteiger partial charge in [0.25, 0.3) is 0 Å². The molecule has 0 spiro atoms. The lowest BCUT2D eigenvalue weighted by atomic mass is 10.2. The van der Waals surface area contributed by atoms with Crippen molar-refractivity contribution in [1.82, 2.24) is 5.32 Å². The van der Waals surface area contributed by atoms with Gasteiger partial charge in [-0.1, -0.05) is 17.7 Å². The number of morpholine rings is 1. The van der Waals surface area contributed by atoms with Gasteiger partial charge in [0.2, 0.25) is 0 Å². The van der Waals surface area contributed by atoms with Gasteiger partial charge < -0.3 is 15.0 Å². The van der Waals surface area contributed by atoms with E-state index in [1.807, 2.05) is 19.1 Å². The Morgan fingerprint density at radius 3 is 3.00 bits per heavy atom. The number of ether oxygens (including phenoxy) is 1. The van der Waals surface area contributed by atoms with Crippen molar-refractivity contribution in [3.8, 4) is 0 Å². The van der Waals surface area contributed by atoms with Crippen molar-refractivity contribution in [1.29, 1.82) is 0 Å². The second-order valence-corrected chi connectivity index (χ2v) is 4.92. The summed E-state index contributed by atoms with van der Waals surface area (Å²) >= 11 is 6.13. The van der Waals surface area contributed by atoms with Crippen LogP contribution < -0.4 is 10.2 Å². The Morgan fingerprint density at radius 1 is 1.53 bits per heavy atom. The Balaban J connectivity index is 1.98. The molecule has 2 rings (SSSR count). The van der Waals surface area contributed by atoms with Gasteiger partial charge in [-0.3, -0.25) is 0 Å². The Kier molecular flexibility index (Phi) is 4.26. The number of nitrogens with one attached hydrogen (secondary N) is 1. The molecular weight excluding hydrogens is 236 g/mol. The molecular formula is C13H19ClN2O. The average molecular weight is 255 g/mol. The zero-order valence-electron chi connectivity index (χ0n) is 10.4. The summed E-state index contributed by atoms with van der Waals surface area (Å²) in [5.74, 6) is 0. The highest BCUT2D eigenvalue weighted by Gasteiger charge is 2.15. The molecule has 0 saturated carbocycles. The topological polar surface area (TPSA) is 24.5 Å². The summed E-state index contributed by atoms with van der Waals surface area (Å²) < 4.78 is 5.69. The molecule has 17 heavy (non-hydrogen) atoms. The molecule has 1 atom stereocenters. The fraction of sp³-hybridized carbons (Fsp3) is 0.538. The van der Waals surface area contributed by atoms with Gasteiger partial charge in [0.05, 0.1) is 12.7 Å². The largest absolute Gasteiger partial charge is 0.374 e. The van der Waals surface area contributed by atoms with Crippen LogP contribution in [0.5, 0.6) is 0 Å². The minimum Gasteiger partial charge on any atom is -0.374 e. The van der Waals surface area contributed by atoms with Gasteiger partial charge in [-0.25, -0.2) is 0 Å². The molecule has 1 saturated heterocycles. The predicted molar refractivity (Wildman–Crippen MR) is 72.1 cm³/mol. The first-order valence-corrected chi connectivity index (χ1v) is 6.34. The lowest BCUT2D eigenvalue weighted by Gasteiger charge is -2.29. The quantitative estimate of drug-likeness (QED) is 0.894. The summed E-state index contributed by atoms with van der Waals surface area (Å²) in [4.78, 5) is 2.18. The van der Waals surface area contributed by atoms with Crippen molar-refractivity contribution in [3.63, 3.8) is 0 Å². The highest BCUT2D eigenvalue weighted by atomic mass is 35.5. The number of hydrogen-bond acceptors (Lipinski definition) is 3. The third-order valence-electron chi connectivity index (χ3n) is 3.08. The molecule has 0 radical (unpaired) electrons. The molecule has 1 aromatic rings. The van der Waals surface area contributed by atoms with Crippen LogP contribution in [-0.4, -0.2) is 39.4 Å². The Bertz CT molecular complexity index is 378. The van der Waals surface area contributed by atoms with E-state index in [1.165, 1.54) is 0 Å². The molecule has 1 aliphatic heterocycles. The van der Waals surface area contributed by atoms with Crippen molar-refractivity contribution in [3.05, 3.63) is 28.8 Å². The number of hydrogen-bond donors (Lipinski definition) is 1. The second-order valence-electron chi connectivity index (χ2n) is 4.51. The molecule has 0 aromatic heterocycles. The summed E-state index contributed by atoms with van der Waals surface area (Å²) in [6.45, 7) is 5.57. The zero-order valence-corrected chi connectivity index (χ0v) is 11.1. The summed E-state index contributed by atoms with van der Waals surface area (Å²) in [5.41, 5.74) is 2.24. The number of anilines is 1. The van der Waals surface area contributed by atoms with Gasteiger partial charge in [-0.15, -0.1) is 0 Å². The van der Waals surface area contributed by atoms with Crippen LogP contribution in [0.4, 0.5) is 5.69 Å². The van der Waals surface area contributed by atoms with Crippen LogP contribution >= 0.6 is 11.6 Å². The Labute approximate surface area is 108 Å². The molecule has 0 bridgehead atoms. The number of rotatable bonds is 3. The summed E-state index contributed by atoms with van der Waals surface area (Å²) in [5, 5.41) is 4.15. The summed E-state index contributed by atoms with van der Waals surface area (Å²) in [6.07, 6.45) is 0.258. The fourth-order valence-corrected chi connectivity index (χ4v) is 2.14. The molecule has 1 N–H and O–H groups in total. The van der Waals surface area contributed by atoms with Crippen LogP contribution in [0.2, 0.25) is 5.02 Å². The highest BCUT2D eigenvalue weighted by molar-refractivity contribution is 6.31. The first-order chi connectivity index (χ1) is 8.16. The smallest absolute Gasteiger partial charge is 0.0874 e. The minimum absolute atomic E-state index is 0.258. The molecule has 0 amide bonds. The van der Waals surface area contributed by atoms with Crippen molar-refractivity contribution in [2.24, 2.45) is 0 Å². The lowest BCUT2D eigenvalue weighted by molar-refractivity contribution is 0.0340. The van der Waals surface area contributed by atoms with Gasteiger partial charge >= 0.3 is 0 Å². The first-order valence-electron chi connectivity index (χ1n) is 5.96. The monoisotopic (exact) mass is 254 g/mol. The van der Waals surface area contributed by atoms with Crippen LogP contribution in [0.3, 0.4) is 0 Å². The molecule has 0 aliphatic carbocycles. The van der Waals surface area contributed by atoms with Gasteiger partial charge in [0.15, 0.2) is 0 Å². The van der Waals surface area contributed by atoms with E-state index in [9.17, 15) is 0 Å². The maximum atomic E-state index is 6.13. The average Bonchev–Trinajstić information content (AvgIpc) is 2.34. The van der Waals surface area contributed by atoms with Gasteiger partial charge in [-0.05, 0) is 24.6 Å². The van der Waals surface area contributed by atoms with Crippen molar-refractivity contribution in [2.75, 3.05) is 38.2 Å². The van der Waals surface area contributed by atoms with E-state index in [4.69, 9.17) is 16.3 Å². The Hall–Kier alpha value is -0.770. The molecule has 4 heteroatoms. The standard InChI is InChI=1S/C13H19ClN2O/c1-10-3-4-11(7-13(10)14)16(2)9-12-8-15-5-6-17-12/h3-4,7,12,15H,5-6,8-9H2,1-2H3. The second kappa shape index (κ2) is 5.71. The normalized spacial score (nSPS) is 20.3. The third kappa shape index (κ3) is 3.35. The van der Waals surface area contributed by atoms with Gasteiger partial charge in [0.1, 0.15) is 0 Å². The number of aryl methyl sites for hydroxylation is 1. The van der Waals surface area contributed by atoms with Crippen LogP contribution in [0, 0.1) is 6.92 Å². The van der Waals surface area contributed by atoms with Crippen LogP contribution in [0.1, 0.15) is 5.56 Å². The zero-order chi connectivity index (χ0) is 12.3.